The number of hydrogen-bond donors (Lipinski definition) is 1. The molecular weight excluding hydrogens is 202 g/mol. The zero-order valence-corrected chi connectivity index (χ0v) is 10.4. The number of allylic oxidation sites excluding steroid dienone is 2. The largest absolute Gasteiger partial charge is 0.450 e. The zero-order chi connectivity index (χ0) is 11.8. The molecule has 0 aromatic rings. The van der Waals surface area contributed by atoms with Gasteiger partial charge in [0.1, 0.15) is 0 Å². The molecule has 1 amide bonds. The van der Waals surface area contributed by atoms with Gasteiger partial charge in [0.15, 0.2) is 0 Å². The third-order valence-electron chi connectivity index (χ3n) is 2.96. The molecule has 3 heteroatoms. The van der Waals surface area contributed by atoms with Crippen molar-refractivity contribution in [2.75, 3.05) is 13.2 Å². The van der Waals surface area contributed by atoms with Crippen LogP contribution in [0.25, 0.3) is 0 Å². The second-order valence-electron chi connectivity index (χ2n) is 4.31. The zero-order valence-electron chi connectivity index (χ0n) is 10.4. The molecule has 1 rings (SSSR count). The molecule has 0 radical (unpaired) electrons. The van der Waals surface area contributed by atoms with Gasteiger partial charge in [-0.2, -0.15) is 0 Å². The number of ether oxygens (including phenoxy) is 1. The fourth-order valence-corrected chi connectivity index (χ4v) is 1.91. The monoisotopic (exact) mass is 225 g/mol. The van der Waals surface area contributed by atoms with E-state index in [9.17, 15) is 4.79 Å². The molecule has 1 aliphatic rings. The molecule has 92 valence electrons. The molecule has 0 aromatic carbocycles. The van der Waals surface area contributed by atoms with E-state index in [0.717, 1.165) is 18.9 Å². The Morgan fingerprint density at radius 3 is 2.88 bits per heavy atom. The second-order valence-corrected chi connectivity index (χ2v) is 4.31. The summed E-state index contributed by atoms with van der Waals surface area (Å²) in [6.07, 6.45) is 9.01. The highest BCUT2D eigenvalue weighted by Crippen LogP contribution is 2.41. The third-order valence-corrected chi connectivity index (χ3v) is 2.96. The summed E-state index contributed by atoms with van der Waals surface area (Å²) < 4.78 is 4.81. The van der Waals surface area contributed by atoms with Gasteiger partial charge in [0.25, 0.3) is 0 Å². The maximum absolute atomic E-state index is 11.0. The molecule has 1 aliphatic carbocycles. The lowest BCUT2D eigenvalue weighted by Crippen LogP contribution is -2.26. The predicted molar refractivity (Wildman–Crippen MR) is 65.3 cm³/mol. The molecule has 16 heavy (non-hydrogen) atoms. The molecule has 0 heterocycles. The van der Waals surface area contributed by atoms with Gasteiger partial charge in [0.2, 0.25) is 0 Å². The van der Waals surface area contributed by atoms with Crippen molar-refractivity contribution in [3.05, 3.63) is 12.2 Å². The first-order valence-electron chi connectivity index (χ1n) is 6.33. The van der Waals surface area contributed by atoms with E-state index in [1.807, 2.05) is 6.92 Å². The minimum atomic E-state index is -0.279. The Morgan fingerprint density at radius 2 is 2.19 bits per heavy atom. The van der Waals surface area contributed by atoms with E-state index in [4.69, 9.17) is 4.74 Å². The number of carbonyl (C=O) groups is 1. The third kappa shape index (κ3) is 5.19. The molecule has 2 atom stereocenters. The smallest absolute Gasteiger partial charge is 0.407 e. The summed E-state index contributed by atoms with van der Waals surface area (Å²) in [5.41, 5.74) is 0. The van der Waals surface area contributed by atoms with Crippen molar-refractivity contribution in [1.82, 2.24) is 5.32 Å². The number of rotatable bonds is 7. The fourth-order valence-electron chi connectivity index (χ4n) is 1.91. The fraction of sp³-hybridized carbons (Fsp3) is 0.769. The van der Waals surface area contributed by atoms with E-state index in [2.05, 4.69) is 24.4 Å². The van der Waals surface area contributed by atoms with Crippen LogP contribution in [0.3, 0.4) is 0 Å². The Labute approximate surface area is 98.2 Å². The van der Waals surface area contributed by atoms with Crippen molar-refractivity contribution in [3.8, 4) is 0 Å². The molecule has 0 saturated heterocycles. The van der Waals surface area contributed by atoms with E-state index < -0.39 is 0 Å². The lowest BCUT2D eigenvalue weighted by atomic mass is 10.2. The standard InChI is InChI=1S/C13H23NO2/c1-3-5-6-7-8-11-9-12(11)10-14-13(15)16-4-2/h5-6,11-12H,3-4,7-10H2,1-2H3,(H,14,15)/b6-5-. The van der Waals surface area contributed by atoms with Gasteiger partial charge in [-0.05, 0) is 44.4 Å². The normalized spacial score (nSPS) is 23.4. The van der Waals surface area contributed by atoms with Gasteiger partial charge in [-0.25, -0.2) is 4.79 Å². The first-order valence-corrected chi connectivity index (χ1v) is 6.33. The van der Waals surface area contributed by atoms with Gasteiger partial charge in [0.05, 0.1) is 6.61 Å². The molecule has 0 spiro atoms. The van der Waals surface area contributed by atoms with Crippen molar-refractivity contribution in [2.24, 2.45) is 11.8 Å². The summed E-state index contributed by atoms with van der Waals surface area (Å²) in [6.45, 7) is 5.20. The molecule has 2 unspecified atom stereocenters. The van der Waals surface area contributed by atoms with Gasteiger partial charge in [0, 0.05) is 6.54 Å². The predicted octanol–water partition coefficient (Wildman–Crippen LogP) is 3.12. The topological polar surface area (TPSA) is 38.3 Å². The van der Waals surface area contributed by atoms with E-state index in [-0.39, 0.29) is 6.09 Å². The highest BCUT2D eigenvalue weighted by atomic mass is 16.5. The lowest BCUT2D eigenvalue weighted by Gasteiger charge is -2.03. The van der Waals surface area contributed by atoms with Crippen LogP contribution >= 0.6 is 0 Å². The highest BCUT2D eigenvalue weighted by Gasteiger charge is 2.35. The van der Waals surface area contributed by atoms with Crippen LogP contribution in [-0.4, -0.2) is 19.2 Å². The quantitative estimate of drug-likeness (QED) is 0.676. The minimum absolute atomic E-state index is 0.279. The average Bonchev–Trinajstić information content (AvgIpc) is 3.01. The highest BCUT2D eigenvalue weighted by molar-refractivity contribution is 5.67. The van der Waals surface area contributed by atoms with Crippen LogP contribution < -0.4 is 5.32 Å². The maximum Gasteiger partial charge on any atom is 0.407 e. The van der Waals surface area contributed by atoms with E-state index in [1.54, 1.807) is 0 Å². The van der Waals surface area contributed by atoms with E-state index >= 15 is 0 Å². The van der Waals surface area contributed by atoms with Crippen molar-refractivity contribution < 1.29 is 9.53 Å². The summed E-state index contributed by atoms with van der Waals surface area (Å²) >= 11 is 0. The average molecular weight is 225 g/mol. The number of carbonyl (C=O) groups excluding carboxylic acids is 1. The summed E-state index contributed by atoms with van der Waals surface area (Å²) in [4.78, 5) is 11.0. The summed E-state index contributed by atoms with van der Waals surface area (Å²) in [7, 11) is 0. The number of amides is 1. The van der Waals surface area contributed by atoms with Crippen molar-refractivity contribution in [1.29, 1.82) is 0 Å². The van der Waals surface area contributed by atoms with Crippen LogP contribution in [0.15, 0.2) is 12.2 Å². The van der Waals surface area contributed by atoms with Gasteiger partial charge in [-0.1, -0.05) is 19.1 Å². The summed E-state index contributed by atoms with van der Waals surface area (Å²) in [5, 5.41) is 2.80. The van der Waals surface area contributed by atoms with Crippen LogP contribution in [0, 0.1) is 11.8 Å². The SMILES string of the molecule is CC/C=C\CCC1CC1CNC(=O)OCC. The Balaban J connectivity index is 1.98. The van der Waals surface area contributed by atoms with E-state index in [1.165, 1.54) is 19.3 Å². The van der Waals surface area contributed by atoms with Crippen molar-refractivity contribution in [2.45, 2.75) is 39.5 Å². The van der Waals surface area contributed by atoms with E-state index in [0.29, 0.717) is 12.5 Å². The van der Waals surface area contributed by atoms with Crippen LogP contribution in [0.2, 0.25) is 0 Å². The first-order chi connectivity index (χ1) is 7.77. The first kappa shape index (κ1) is 13.1. The molecule has 0 aliphatic heterocycles. The molecule has 1 fully saturated rings. The minimum Gasteiger partial charge on any atom is -0.450 e. The number of hydrogen-bond acceptors (Lipinski definition) is 2. The van der Waals surface area contributed by atoms with Crippen LogP contribution in [-0.2, 0) is 4.74 Å². The molecule has 0 bridgehead atoms. The van der Waals surface area contributed by atoms with Crippen LogP contribution in [0.1, 0.15) is 39.5 Å². The Hall–Kier alpha value is -0.990. The molecule has 3 nitrogen and oxygen atoms in total. The Kier molecular flexibility index (Phi) is 5.98. The van der Waals surface area contributed by atoms with Crippen LogP contribution in [0.4, 0.5) is 4.79 Å². The molecule has 1 saturated carbocycles. The van der Waals surface area contributed by atoms with Gasteiger partial charge in [-0.15, -0.1) is 0 Å². The van der Waals surface area contributed by atoms with Gasteiger partial charge < -0.3 is 10.1 Å². The van der Waals surface area contributed by atoms with Crippen molar-refractivity contribution in [3.63, 3.8) is 0 Å². The van der Waals surface area contributed by atoms with Crippen molar-refractivity contribution >= 4 is 6.09 Å². The van der Waals surface area contributed by atoms with Crippen LogP contribution in [0.5, 0.6) is 0 Å². The Bertz CT molecular complexity index is 238. The van der Waals surface area contributed by atoms with Gasteiger partial charge >= 0.3 is 6.09 Å². The number of alkyl carbamates (subject to hydrolysis) is 1. The summed E-state index contributed by atoms with van der Waals surface area (Å²) in [5.74, 6) is 1.49. The molecular formula is C13H23NO2. The second kappa shape index (κ2) is 7.31. The Morgan fingerprint density at radius 1 is 1.38 bits per heavy atom. The summed E-state index contributed by atoms with van der Waals surface area (Å²) in [6, 6.07) is 0. The lowest BCUT2D eigenvalue weighted by molar-refractivity contribution is 0.151. The van der Waals surface area contributed by atoms with Gasteiger partial charge in [-0.3, -0.25) is 0 Å². The molecule has 1 N–H and O–H groups in total. The molecule has 0 aromatic heterocycles. The number of nitrogens with one attached hydrogen (secondary N) is 1. The maximum atomic E-state index is 11.0.